The Balaban J connectivity index is 1.42. The largest absolute Gasteiger partial charge is 0.482 e. The zero-order valence-corrected chi connectivity index (χ0v) is 20.4. The predicted molar refractivity (Wildman–Crippen MR) is 132 cm³/mol. The Morgan fingerprint density at radius 2 is 1.84 bits per heavy atom. The van der Waals surface area contributed by atoms with Gasteiger partial charge in [0.2, 0.25) is 0 Å². The molecular weight excluding hydrogens is 482 g/mol. The van der Waals surface area contributed by atoms with Crippen molar-refractivity contribution in [2.45, 2.75) is 32.9 Å². The van der Waals surface area contributed by atoms with Gasteiger partial charge in [-0.3, -0.25) is 24.0 Å². The van der Waals surface area contributed by atoms with Gasteiger partial charge >= 0.3 is 5.97 Å². The maximum absolute atomic E-state index is 12.6. The number of nitrogens with one attached hydrogen (secondary N) is 4. The summed E-state index contributed by atoms with van der Waals surface area (Å²) in [5.74, 6) is -1.71. The first-order valence-electron chi connectivity index (χ1n) is 11.4. The van der Waals surface area contributed by atoms with Crippen molar-refractivity contribution in [3.8, 4) is 5.75 Å². The van der Waals surface area contributed by atoms with Crippen LogP contribution in [0.4, 0.5) is 5.69 Å². The molecule has 0 saturated carbocycles. The Hall–Kier alpha value is -4.74. The molecule has 0 unspecified atom stereocenters. The number of aromatic nitrogens is 2. The monoisotopic (exact) mass is 507 g/mol. The van der Waals surface area contributed by atoms with Crippen molar-refractivity contribution in [2.24, 2.45) is 0 Å². The Bertz CT molecular complexity index is 1470. The summed E-state index contributed by atoms with van der Waals surface area (Å²) in [6.45, 7) is 4.88. The average Bonchev–Trinajstić information content (AvgIpc) is 2.84. The van der Waals surface area contributed by atoms with Crippen molar-refractivity contribution in [2.75, 3.05) is 18.5 Å². The fourth-order valence-corrected chi connectivity index (χ4v) is 3.53. The van der Waals surface area contributed by atoms with Gasteiger partial charge in [-0.15, -0.1) is 0 Å². The standard InChI is InChI=1S/C25H25N5O7/c1-25(2,3)37-20(32)11-27-22(33)14-5-6-16-15(9-14)23(34)30-21(29-16)24(35)26-10-13-4-7-18-17(8-13)28-19(31)12-36-18/h4-9H,10-12H2,1-3H3,(H,26,35)(H,27,33)(H,28,31)(H,29,30,34). The molecule has 0 bridgehead atoms. The Kier molecular flexibility index (Phi) is 6.92. The number of hydrogen-bond donors (Lipinski definition) is 4. The number of hydrogen-bond acceptors (Lipinski definition) is 8. The number of benzene rings is 2. The molecule has 3 amide bonds. The number of H-pyrrole nitrogens is 1. The number of anilines is 1. The van der Waals surface area contributed by atoms with Crippen LogP contribution in [0.25, 0.3) is 10.9 Å². The molecule has 192 valence electrons. The van der Waals surface area contributed by atoms with Crippen LogP contribution in [0, 0.1) is 0 Å². The van der Waals surface area contributed by atoms with Crippen LogP contribution in [-0.4, -0.2) is 52.4 Å². The highest BCUT2D eigenvalue weighted by Crippen LogP contribution is 2.28. The minimum Gasteiger partial charge on any atom is -0.482 e. The van der Waals surface area contributed by atoms with Gasteiger partial charge in [0.1, 0.15) is 17.9 Å². The van der Waals surface area contributed by atoms with Crippen LogP contribution < -0.4 is 26.2 Å². The molecule has 1 aliphatic rings. The van der Waals surface area contributed by atoms with Gasteiger partial charge in [0, 0.05) is 12.1 Å². The molecule has 12 heteroatoms. The summed E-state index contributed by atoms with van der Waals surface area (Å²) in [6.07, 6.45) is 0. The predicted octanol–water partition coefficient (Wildman–Crippen LogP) is 1.26. The van der Waals surface area contributed by atoms with Crippen molar-refractivity contribution < 1.29 is 28.7 Å². The van der Waals surface area contributed by atoms with Crippen LogP contribution in [0.1, 0.15) is 47.3 Å². The van der Waals surface area contributed by atoms with E-state index in [2.05, 4.69) is 25.9 Å². The summed E-state index contributed by atoms with van der Waals surface area (Å²) in [4.78, 5) is 67.6. The van der Waals surface area contributed by atoms with E-state index in [1.54, 1.807) is 39.0 Å². The summed E-state index contributed by atoms with van der Waals surface area (Å²) in [7, 11) is 0. The lowest BCUT2D eigenvalue weighted by atomic mass is 10.1. The van der Waals surface area contributed by atoms with Crippen molar-refractivity contribution in [1.82, 2.24) is 20.6 Å². The molecule has 0 saturated heterocycles. The number of amides is 3. The highest BCUT2D eigenvalue weighted by Gasteiger charge is 2.19. The van der Waals surface area contributed by atoms with E-state index in [0.717, 1.165) is 0 Å². The lowest BCUT2D eigenvalue weighted by Crippen LogP contribution is -2.34. The van der Waals surface area contributed by atoms with Crippen LogP contribution in [0.15, 0.2) is 41.2 Å². The van der Waals surface area contributed by atoms with Crippen LogP contribution in [0.2, 0.25) is 0 Å². The van der Waals surface area contributed by atoms with Crippen molar-refractivity contribution in [3.05, 3.63) is 63.7 Å². The Morgan fingerprint density at radius 3 is 2.59 bits per heavy atom. The first-order valence-corrected chi connectivity index (χ1v) is 11.4. The molecule has 0 atom stereocenters. The van der Waals surface area contributed by atoms with Gasteiger partial charge in [0.15, 0.2) is 12.4 Å². The van der Waals surface area contributed by atoms with Crippen molar-refractivity contribution >= 4 is 40.3 Å². The third-order valence-electron chi connectivity index (χ3n) is 5.13. The molecule has 1 aromatic heterocycles. The maximum Gasteiger partial charge on any atom is 0.325 e. The second kappa shape index (κ2) is 10.1. The van der Waals surface area contributed by atoms with E-state index in [1.807, 2.05) is 0 Å². The van der Waals surface area contributed by atoms with E-state index in [9.17, 15) is 24.0 Å². The fraction of sp³-hybridized carbons (Fsp3) is 0.280. The third-order valence-corrected chi connectivity index (χ3v) is 5.13. The van der Waals surface area contributed by atoms with E-state index in [-0.39, 0.29) is 47.9 Å². The number of esters is 1. The molecule has 4 rings (SSSR count). The van der Waals surface area contributed by atoms with Crippen LogP contribution >= 0.6 is 0 Å². The number of carbonyl (C=O) groups excluding carboxylic acids is 4. The van der Waals surface area contributed by atoms with Gasteiger partial charge in [0.05, 0.1) is 16.6 Å². The second-order valence-electron chi connectivity index (χ2n) is 9.27. The fourth-order valence-electron chi connectivity index (χ4n) is 3.53. The van der Waals surface area contributed by atoms with Gasteiger partial charge in [-0.05, 0) is 56.7 Å². The lowest BCUT2D eigenvalue weighted by Gasteiger charge is -2.19. The van der Waals surface area contributed by atoms with Crippen molar-refractivity contribution in [3.63, 3.8) is 0 Å². The van der Waals surface area contributed by atoms with Gasteiger partial charge in [-0.1, -0.05) is 6.07 Å². The molecule has 37 heavy (non-hydrogen) atoms. The Morgan fingerprint density at radius 1 is 1.05 bits per heavy atom. The maximum atomic E-state index is 12.6. The van der Waals surface area contributed by atoms with Gasteiger partial charge < -0.3 is 30.4 Å². The number of fused-ring (bicyclic) bond motifs is 2. The summed E-state index contributed by atoms with van der Waals surface area (Å²) in [5.41, 5.74) is 0.274. The molecule has 2 heterocycles. The summed E-state index contributed by atoms with van der Waals surface area (Å²) in [6, 6.07) is 9.31. The minimum atomic E-state index is -0.680. The zero-order chi connectivity index (χ0) is 26.7. The number of aromatic amines is 1. The average molecular weight is 508 g/mol. The molecular formula is C25H25N5O7. The molecule has 3 aromatic rings. The van der Waals surface area contributed by atoms with Crippen LogP contribution in [-0.2, 0) is 20.9 Å². The molecule has 0 radical (unpaired) electrons. The number of carbonyl (C=O) groups is 4. The molecule has 0 spiro atoms. The zero-order valence-electron chi connectivity index (χ0n) is 20.4. The molecule has 4 N–H and O–H groups in total. The quantitative estimate of drug-likeness (QED) is 0.362. The number of ether oxygens (including phenoxy) is 2. The second-order valence-corrected chi connectivity index (χ2v) is 9.27. The van der Waals surface area contributed by atoms with Crippen molar-refractivity contribution in [1.29, 1.82) is 0 Å². The summed E-state index contributed by atoms with van der Waals surface area (Å²) >= 11 is 0. The molecule has 12 nitrogen and oxygen atoms in total. The summed E-state index contributed by atoms with van der Waals surface area (Å²) in [5, 5.41) is 7.91. The Labute approximate surface area is 210 Å². The van der Waals surface area contributed by atoms with E-state index < -0.39 is 28.9 Å². The van der Waals surface area contributed by atoms with E-state index in [4.69, 9.17) is 9.47 Å². The van der Waals surface area contributed by atoms with Gasteiger partial charge in [-0.25, -0.2) is 4.98 Å². The van der Waals surface area contributed by atoms with E-state index in [0.29, 0.717) is 17.0 Å². The van der Waals surface area contributed by atoms with Crippen LogP contribution in [0.3, 0.4) is 0 Å². The topological polar surface area (TPSA) is 169 Å². The minimum absolute atomic E-state index is 0.0532. The SMILES string of the molecule is CC(C)(C)OC(=O)CNC(=O)c1ccc2nc(C(=O)NCc3ccc4c(c3)NC(=O)CO4)[nH]c(=O)c2c1. The first kappa shape index (κ1) is 25.4. The molecule has 2 aromatic carbocycles. The molecule has 0 aliphatic carbocycles. The summed E-state index contributed by atoms with van der Waals surface area (Å²) < 4.78 is 10.5. The first-order chi connectivity index (χ1) is 17.5. The lowest BCUT2D eigenvalue weighted by molar-refractivity contribution is -0.153. The number of rotatable bonds is 6. The van der Waals surface area contributed by atoms with Gasteiger partial charge in [0.25, 0.3) is 23.3 Å². The highest BCUT2D eigenvalue weighted by molar-refractivity contribution is 6.00. The molecule has 0 fully saturated rings. The highest BCUT2D eigenvalue weighted by atomic mass is 16.6. The number of nitrogens with zero attached hydrogens (tertiary/aromatic N) is 1. The normalized spacial score (nSPS) is 12.7. The molecule has 1 aliphatic heterocycles. The third kappa shape index (κ3) is 6.28. The smallest absolute Gasteiger partial charge is 0.325 e. The van der Waals surface area contributed by atoms with E-state index >= 15 is 0 Å². The van der Waals surface area contributed by atoms with Crippen LogP contribution in [0.5, 0.6) is 5.75 Å². The van der Waals surface area contributed by atoms with E-state index in [1.165, 1.54) is 18.2 Å². The van der Waals surface area contributed by atoms with Gasteiger partial charge in [-0.2, -0.15) is 0 Å².